The van der Waals surface area contributed by atoms with Gasteiger partial charge >= 0.3 is 0 Å². The van der Waals surface area contributed by atoms with Crippen molar-refractivity contribution in [3.8, 4) is 0 Å². The van der Waals surface area contributed by atoms with E-state index in [1.54, 1.807) is 23.7 Å². The molecule has 0 aliphatic carbocycles. The Morgan fingerprint density at radius 3 is 2.65 bits per heavy atom. The number of hydrogen-bond donors (Lipinski definition) is 3. The van der Waals surface area contributed by atoms with Gasteiger partial charge in [0.05, 0.1) is 29.8 Å². The fourth-order valence-corrected chi connectivity index (χ4v) is 8.38. The fraction of sp³-hybridized carbons (Fsp3) is 0.857. The van der Waals surface area contributed by atoms with Crippen molar-refractivity contribution in [2.24, 2.45) is 11.8 Å². The molecule has 0 aromatic rings. The first kappa shape index (κ1) is 22.8. The van der Waals surface area contributed by atoms with Crippen LogP contribution in [0.2, 0.25) is 0 Å². The number of aliphatic hydroxyl groups is 1. The second-order valence-electron chi connectivity index (χ2n) is 9.20. The first-order valence-electron chi connectivity index (χ1n) is 11.3. The maximum atomic E-state index is 13.5. The predicted molar refractivity (Wildman–Crippen MR) is 116 cm³/mol. The van der Waals surface area contributed by atoms with E-state index in [-0.39, 0.29) is 29.1 Å². The minimum absolute atomic E-state index is 0.0451. The minimum Gasteiger partial charge on any atom is -0.396 e. The van der Waals surface area contributed by atoms with Crippen LogP contribution in [0.25, 0.3) is 0 Å². The summed E-state index contributed by atoms with van der Waals surface area (Å²) in [6.07, 6.45) is 1.97. The van der Waals surface area contributed by atoms with E-state index in [4.69, 9.17) is 4.74 Å². The topological polar surface area (TPSA) is 111 Å². The zero-order valence-corrected chi connectivity index (χ0v) is 19.2. The maximum absolute atomic E-state index is 13.5. The number of carbonyl (C=O) groups is 3. The highest BCUT2D eigenvalue weighted by Crippen LogP contribution is 2.71. The molecular formula is C21H34N4O5S. The monoisotopic (exact) mass is 454 g/mol. The summed E-state index contributed by atoms with van der Waals surface area (Å²) >= 11 is 1.67. The van der Waals surface area contributed by atoms with Gasteiger partial charge in [-0.05, 0) is 26.2 Å². The van der Waals surface area contributed by atoms with Crippen LogP contribution in [0.4, 0.5) is 0 Å². The molecule has 0 aromatic heterocycles. The largest absolute Gasteiger partial charge is 0.396 e. The molecule has 174 valence electrons. The summed E-state index contributed by atoms with van der Waals surface area (Å²) in [5, 5.41) is 15.2. The molecule has 1 spiro atoms. The van der Waals surface area contributed by atoms with Crippen molar-refractivity contribution in [3.63, 3.8) is 0 Å². The molecule has 4 aliphatic heterocycles. The normalized spacial score (nSPS) is 37.2. The van der Waals surface area contributed by atoms with E-state index in [0.29, 0.717) is 32.7 Å². The molecule has 2 bridgehead atoms. The molecule has 2 unspecified atom stereocenters. The van der Waals surface area contributed by atoms with Crippen LogP contribution < -0.4 is 10.6 Å². The summed E-state index contributed by atoms with van der Waals surface area (Å²) in [5.41, 5.74) is 0. The van der Waals surface area contributed by atoms with Crippen molar-refractivity contribution < 1.29 is 24.2 Å². The molecular weight excluding hydrogens is 420 g/mol. The lowest BCUT2D eigenvalue weighted by Crippen LogP contribution is -2.55. The molecule has 31 heavy (non-hydrogen) atoms. The van der Waals surface area contributed by atoms with Gasteiger partial charge in [0.2, 0.25) is 17.7 Å². The number of rotatable bonds is 8. The smallest absolute Gasteiger partial charge is 0.244 e. The van der Waals surface area contributed by atoms with E-state index in [1.165, 1.54) is 0 Å². The van der Waals surface area contributed by atoms with Crippen LogP contribution in [0.3, 0.4) is 0 Å². The van der Waals surface area contributed by atoms with E-state index >= 15 is 0 Å². The Labute approximate surface area is 187 Å². The van der Waals surface area contributed by atoms with Gasteiger partial charge in [-0.15, -0.1) is 11.8 Å². The Hall–Kier alpha value is -1.36. The highest BCUT2D eigenvalue weighted by Gasteiger charge is 2.76. The van der Waals surface area contributed by atoms with Crippen molar-refractivity contribution in [1.29, 1.82) is 0 Å². The number of carbonyl (C=O) groups excluding carboxylic acids is 3. The van der Waals surface area contributed by atoms with Gasteiger partial charge < -0.3 is 25.4 Å². The second-order valence-corrected chi connectivity index (χ2v) is 11.1. The number of aliphatic hydroxyl groups excluding tert-OH is 1. The van der Waals surface area contributed by atoms with Crippen molar-refractivity contribution in [2.75, 3.05) is 59.6 Å². The minimum atomic E-state index is -0.609. The summed E-state index contributed by atoms with van der Waals surface area (Å²) < 4.78 is 4.45. The summed E-state index contributed by atoms with van der Waals surface area (Å²) in [4.78, 5) is 43.7. The van der Waals surface area contributed by atoms with E-state index in [9.17, 15) is 19.5 Å². The van der Waals surface area contributed by atoms with Gasteiger partial charge in [-0.2, -0.15) is 0 Å². The Balaban J connectivity index is 1.54. The number of morpholine rings is 1. The molecule has 4 fully saturated rings. The molecule has 4 saturated heterocycles. The number of likely N-dealkylation sites (tertiary alicyclic amines) is 1. The number of nitrogens with one attached hydrogen (secondary N) is 2. The molecule has 4 rings (SSSR count). The molecule has 4 heterocycles. The van der Waals surface area contributed by atoms with E-state index in [0.717, 1.165) is 32.5 Å². The van der Waals surface area contributed by atoms with Crippen LogP contribution in [-0.4, -0.2) is 108 Å². The molecule has 9 nitrogen and oxygen atoms in total. The summed E-state index contributed by atoms with van der Waals surface area (Å²) in [5.74, 6) is -1.32. The van der Waals surface area contributed by atoms with Gasteiger partial charge in [0.25, 0.3) is 0 Å². The lowest BCUT2D eigenvalue weighted by molar-refractivity contribution is -0.140. The fourth-order valence-electron chi connectivity index (χ4n) is 6.02. The number of thioether (sulfide) groups is 1. The Kier molecular flexibility index (Phi) is 6.54. The Morgan fingerprint density at radius 1 is 1.23 bits per heavy atom. The first-order valence-corrected chi connectivity index (χ1v) is 12.1. The summed E-state index contributed by atoms with van der Waals surface area (Å²) in [6, 6.07) is -0.609. The molecule has 10 heteroatoms. The lowest BCUT2D eigenvalue weighted by atomic mass is 9.66. The van der Waals surface area contributed by atoms with Gasteiger partial charge in [-0.1, -0.05) is 0 Å². The molecule has 3 N–H and O–H groups in total. The number of fused-ring (bicyclic) bond motifs is 1. The SMILES string of the molecule is CNC(=O)[C@H]1[C@H]2C(=O)N(CCCO)C(C(=O)NCCN3CCOCC3)C23CC[C@]1(C)S3. The molecule has 0 saturated carbocycles. The third-order valence-corrected chi connectivity index (χ3v) is 9.43. The molecule has 4 aliphatic rings. The van der Waals surface area contributed by atoms with Crippen LogP contribution in [0.15, 0.2) is 0 Å². The summed E-state index contributed by atoms with van der Waals surface area (Å²) in [7, 11) is 1.60. The zero-order valence-electron chi connectivity index (χ0n) is 18.4. The molecule has 0 aromatic carbocycles. The predicted octanol–water partition coefficient (Wildman–Crippen LogP) is -0.955. The third kappa shape index (κ3) is 3.75. The highest BCUT2D eigenvalue weighted by molar-refractivity contribution is 8.02. The van der Waals surface area contributed by atoms with Crippen molar-refractivity contribution in [3.05, 3.63) is 0 Å². The van der Waals surface area contributed by atoms with Crippen LogP contribution in [0.1, 0.15) is 26.2 Å². The van der Waals surface area contributed by atoms with E-state index in [1.807, 2.05) is 0 Å². The van der Waals surface area contributed by atoms with Crippen molar-refractivity contribution in [2.45, 2.75) is 41.7 Å². The van der Waals surface area contributed by atoms with Crippen molar-refractivity contribution >= 4 is 29.5 Å². The average molecular weight is 455 g/mol. The van der Waals surface area contributed by atoms with E-state index < -0.39 is 22.6 Å². The second kappa shape index (κ2) is 8.88. The van der Waals surface area contributed by atoms with Gasteiger partial charge in [-0.3, -0.25) is 19.3 Å². The molecule has 5 atom stereocenters. The zero-order chi connectivity index (χ0) is 22.2. The standard InChI is InChI=1S/C21H34N4O5S/c1-20-4-5-21(31-20)15(14(20)17(27)22-2)19(29)25(7-3-11-26)16(21)18(28)23-6-8-24-9-12-30-13-10-24/h14-16,26H,3-13H2,1-2H3,(H,22,27)(H,23,28)/t14-,15+,16?,20+,21?/m1/s1. The van der Waals surface area contributed by atoms with Gasteiger partial charge in [0, 0.05) is 51.1 Å². The maximum Gasteiger partial charge on any atom is 0.244 e. The Morgan fingerprint density at radius 2 is 1.97 bits per heavy atom. The van der Waals surface area contributed by atoms with Crippen LogP contribution in [-0.2, 0) is 19.1 Å². The number of amides is 3. The van der Waals surface area contributed by atoms with Crippen LogP contribution in [0.5, 0.6) is 0 Å². The molecule has 3 amide bonds. The van der Waals surface area contributed by atoms with Crippen molar-refractivity contribution in [1.82, 2.24) is 20.4 Å². The van der Waals surface area contributed by atoms with E-state index in [2.05, 4.69) is 22.5 Å². The van der Waals surface area contributed by atoms with Gasteiger partial charge in [-0.25, -0.2) is 0 Å². The van der Waals surface area contributed by atoms with Gasteiger partial charge in [0.15, 0.2) is 0 Å². The third-order valence-electron chi connectivity index (χ3n) is 7.44. The summed E-state index contributed by atoms with van der Waals surface area (Å²) in [6.45, 7) is 6.73. The molecule has 0 radical (unpaired) electrons. The first-order chi connectivity index (χ1) is 14.9. The quantitative estimate of drug-likeness (QED) is 0.433. The number of nitrogens with zero attached hydrogens (tertiary/aromatic N) is 2. The lowest BCUT2D eigenvalue weighted by Gasteiger charge is -2.35. The van der Waals surface area contributed by atoms with Gasteiger partial charge in [0.1, 0.15) is 6.04 Å². The average Bonchev–Trinajstić information content (AvgIpc) is 3.33. The van der Waals surface area contributed by atoms with Crippen LogP contribution >= 0.6 is 11.8 Å². The number of hydrogen-bond acceptors (Lipinski definition) is 7. The highest BCUT2D eigenvalue weighted by atomic mass is 32.2. The number of ether oxygens (including phenoxy) is 1. The van der Waals surface area contributed by atoms with Crippen LogP contribution in [0, 0.1) is 11.8 Å². The Bertz CT molecular complexity index is 733.